The minimum absolute atomic E-state index is 0.207. The molecule has 0 aliphatic rings. The Bertz CT molecular complexity index is 1140. The molecular formula is C19H20BrFN4O2. The lowest BCUT2D eigenvalue weighted by Gasteiger charge is -2.09. The first-order valence-electron chi connectivity index (χ1n) is 8.53. The molecule has 0 saturated heterocycles. The predicted octanol–water partition coefficient (Wildman–Crippen LogP) is 3.01. The van der Waals surface area contributed by atoms with Gasteiger partial charge in [0, 0.05) is 20.1 Å². The van der Waals surface area contributed by atoms with Crippen molar-refractivity contribution in [2.45, 2.75) is 33.4 Å². The Balaban J connectivity index is 2.08. The third kappa shape index (κ3) is 3.80. The summed E-state index contributed by atoms with van der Waals surface area (Å²) in [6.45, 7) is 4.64. The molecule has 0 radical (unpaired) electrons. The van der Waals surface area contributed by atoms with E-state index in [9.17, 15) is 14.0 Å². The van der Waals surface area contributed by atoms with Crippen LogP contribution >= 0.6 is 15.9 Å². The van der Waals surface area contributed by atoms with Gasteiger partial charge in [-0.1, -0.05) is 23.8 Å². The second-order valence-electron chi connectivity index (χ2n) is 6.62. The number of benzene rings is 1. The molecule has 0 unspecified atom stereocenters. The van der Waals surface area contributed by atoms with Gasteiger partial charge in [-0.25, -0.2) is 14.2 Å². The topological polar surface area (TPSA) is 61.8 Å². The van der Waals surface area contributed by atoms with E-state index in [0.29, 0.717) is 28.9 Å². The van der Waals surface area contributed by atoms with Gasteiger partial charge in [0.2, 0.25) is 0 Å². The average molecular weight is 435 g/mol. The van der Waals surface area contributed by atoms with Gasteiger partial charge in [-0.2, -0.15) is 0 Å². The highest BCUT2D eigenvalue weighted by atomic mass is 79.9. The molecule has 0 aliphatic carbocycles. The van der Waals surface area contributed by atoms with E-state index in [1.165, 1.54) is 21.3 Å². The molecular weight excluding hydrogens is 415 g/mol. The van der Waals surface area contributed by atoms with Crippen molar-refractivity contribution in [2.75, 3.05) is 0 Å². The van der Waals surface area contributed by atoms with Gasteiger partial charge in [-0.05, 0) is 53.9 Å². The van der Waals surface area contributed by atoms with Crippen LogP contribution in [0.5, 0.6) is 0 Å². The molecule has 2 heterocycles. The first-order valence-corrected chi connectivity index (χ1v) is 9.32. The standard InChI is InChI=1S/C19H20BrFN4O2/c1-12(2)8-10-24-15-16(22-18(24)20)23(3)19(27)25(17(15)26)11-9-13-4-6-14(21)7-5-13/h4-8H,9-11H2,1-3H3. The first kappa shape index (κ1) is 19.3. The third-order valence-corrected chi connectivity index (χ3v) is 5.01. The Morgan fingerprint density at radius 3 is 2.48 bits per heavy atom. The summed E-state index contributed by atoms with van der Waals surface area (Å²) in [5.74, 6) is -0.318. The van der Waals surface area contributed by atoms with Crippen molar-refractivity contribution in [3.63, 3.8) is 0 Å². The van der Waals surface area contributed by atoms with Crippen LogP contribution in [0.1, 0.15) is 19.4 Å². The van der Waals surface area contributed by atoms with E-state index in [1.807, 2.05) is 19.9 Å². The molecule has 0 aliphatic heterocycles. The van der Waals surface area contributed by atoms with E-state index in [2.05, 4.69) is 20.9 Å². The normalized spacial score (nSPS) is 11.1. The number of hydrogen-bond donors (Lipinski definition) is 0. The Morgan fingerprint density at radius 1 is 1.19 bits per heavy atom. The number of imidazole rings is 1. The molecule has 3 rings (SSSR count). The summed E-state index contributed by atoms with van der Waals surface area (Å²) in [4.78, 5) is 30.0. The SMILES string of the molecule is CC(C)=CCn1c(Br)nc2c1c(=O)n(CCc1ccc(F)cc1)c(=O)n2C. The van der Waals surface area contributed by atoms with E-state index in [0.717, 1.165) is 11.1 Å². The first-order chi connectivity index (χ1) is 12.8. The minimum Gasteiger partial charge on any atom is -0.309 e. The lowest BCUT2D eigenvalue weighted by Crippen LogP contribution is -2.40. The van der Waals surface area contributed by atoms with Crippen molar-refractivity contribution in [1.82, 2.24) is 18.7 Å². The molecule has 6 nitrogen and oxygen atoms in total. The van der Waals surface area contributed by atoms with E-state index < -0.39 is 5.69 Å². The van der Waals surface area contributed by atoms with Crippen LogP contribution in [0.15, 0.2) is 50.2 Å². The number of aromatic nitrogens is 4. The summed E-state index contributed by atoms with van der Waals surface area (Å²) in [6, 6.07) is 6.04. The lowest BCUT2D eigenvalue weighted by molar-refractivity contribution is 0.597. The highest BCUT2D eigenvalue weighted by Gasteiger charge is 2.18. The van der Waals surface area contributed by atoms with Gasteiger partial charge in [0.15, 0.2) is 15.9 Å². The second kappa shape index (κ2) is 7.64. The van der Waals surface area contributed by atoms with E-state index in [-0.39, 0.29) is 17.9 Å². The van der Waals surface area contributed by atoms with Crippen molar-refractivity contribution in [3.8, 4) is 0 Å². The van der Waals surface area contributed by atoms with E-state index in [1.54, 1.807) is 23.7 Å². The van der Waals surface area contributed by atoms with Crippen LogP contribution in [0, 0.1) is 5.82 Å². The maximum atomic E-state index is 13.1. The van der Waals surface area contributed by atoms with E-state index >= 15 is 0 Å². The zero-order valence-corrected chi connectivity index (χ0v) is 17.0. The maximum absolute atomic E-state index is 13.1. The number of allylic oxidation sites excluding steroid dienone is 2. The van der Waals surface area contributed by atoms with Gasteiger partial charge in [0.1, 0.15) is 5.82 Å². The summed E-state index contributed by atoms with van der Waals surface area (Å²) >= 11 is 3.38. The summed E-state index contributed by atoms with van der Waals surface area (Å²) < 4.78 is 17.9. The maximum Gasteiger partial charge on any atom is 0.332 e. The Kier molecular flexibility index (Phi) is 5.46. The van der Waals surface area contributed by atoms with Crippen molar-refractivity contribution < 1.29 is 4.39 Å². The van der Waals surface area contributed by atoms with Crippen LogP contribution in [0.3, 0.4) is 0 Å². The fraction of sp³-hybridized carbons (Fsp3) is 0.316. The number of halogens is 2. The number of nitrogens with zero attached hydrogens (tertiary/aromatic N) is 4. The number of rotatable bonds is 5. The largest absolute Gasteiger partial charge is 0.332 e. The highest BCUT2D eigenvalue weighted by molar-refractivity contribution is 9.10. The molecule has 0 atom stereocenters. The molecule has 2 aromatic heterocycles. The molecule has 0 spiro atoms. The lowest BCUT2D eigenvalue weighted by atomic mass is 10.1. The quantitative estimate of drug-likeness (QED) is 0.457. The zero-order valence-electron chi connectivity index (χ0n) is 15.4. The molecule has 0 bridgehead atoms. The smallest absolute Gasteiger partial charge is 0.309 e. The molecule has 1 aromatic carbocycles. The van der Waals surface area contributed by atoms with Crippen molar-refractivity contribution >= 4 is 27.1 Å². The fourth-order valence-electron chi connectivity index (χ4n) is 2.87. The molecule has 0 amide bonds. The van der Waals surface area contributed by atoms with E-state index in [4.69, 9.17) is 0 Å². The highest BCUT2D eigenvalue weighted by Crippen LogP contribution is 2.16. The zero-order chi connectivity index (χ0) is 19.7. The minimum atomic E-state index is -0.422. The van der Waals surface area contributed by atoms with Crippen molar-refractivity contribution in [2.24, 2.45) is 7.05 Å². The summed E-state index contributed by atoms with van der Waals surface area (Å²) in [6.07, 6.45) is 2.43. The van der Waals surface area contributed by atoms with Crippen molar-refractivity contribution in [1.29, 1.82) is 0 Å². The molecule has 0 saturated carbocycles. The molecule has 142 valence electrons. The van der Waals surface area contributed by atoms with Gasteiger partial charge in [-0.15, -0.1) is 0 Å². The van der Waals surface area contributed by atoms with Gasteiger partial charge < -0.3 is 4.57 Å². The van der Waals surface area contributed by atoms with Crippen molar-refractivity contribution in [3.05, 3.63) is 72.9 Å². The Labute approximate surface area is 163 Å². The monoisotopic (exact) mass is 434 g/mol. The predicted molar refractivity (Wildman–Crippen MR) is 106 cm³/mol. The molecule has 27 heavy (non-hydrogen) atoms. The summed E-state index contributed by atoms with van der Waals surface area (Å²) in [5.41, 5.74) is 1.89. The molecule has 8 heteroatoms. The molecule has 0 fully saturated rings. The van der Waals surface area contributed by atoms with Crippen LogP contribution in [-0.2, 0) is 26.6 Å². The third-order valence-electron chi connectivity index (χ3n) is 4.41. The number of hydrogen-bond acceptors (Lipinski definition) is 3. The van der Waals surface area contributed by atoms with Crippen LogP contribution in [0.2, 0.25) is 0 Å². The number of aryl methyl sites for hydroxylation is 2. The summed E-state index contributed by atoms with van der Waals surface area (Å²) in [7, 11) is 1.60. The molecule has 3 aromatic rings. The average Bonchev–Trinajstić information content (AvgIpc) is 2.96. The van der Waals surface area contributed by atoms with Gasteiger partial charge in [-0.3, -0.25) is 13.9 Å². The van der Waals surface area contributed by atoms with Gasteiger partial charge >= 0.3 is 5.69 Å². The van der Waals surface area contributed by atoms with Crippen LogP contribution in [0.4, 0.5) is 4.39 Å². The summed E-state index contributed by atoms with van der Waals surface area (Å²) in [5, 5.41) is 0. The van der Waals surface area contributed by atoms with Gasteiger partial charge in [0.25, 0.3) is 5.56 Å². The van der Waals surface area contributed by atoms with Crippen LogP contribution < -0.4 is 11.2 Å². The molecule has 0 N–H and O–H groups in total. The second-order valence-corrected chi connectivity index (χ2v) is 7.33. The number of fused-ring (bicyclic) bond motifs is 1. The Morgan fingerprint density at radius 2 is 1.85 bits per heavy atom. The van der Waals surface area contributed by atoms with Gasteiger partial charge in [0.05, 0.1) is 0 Å². The van der Waals surface area contributed by atoms with Crippen LogP contribution in [0.25, 0.3) is 11.2 Å². The van der Waals surface area contributed by atoms with Crippen LogP contribution in [-0.4, -0.2) is 18.7 Å². The Hall–Kier alpha value is -2.48. The fourth-order valence-corrected chi connectivity index (χ4v) is 3.36.